The number of anilines is 3. The van der Waals surface area contributed by atoms with Crippen molar-refractivity contribution in [3.05, 3.63) is 141 Å². The summed E-state index contributed by atoms with van der Waals surface area (Å²) in [6, 6.07) is 27.1. The Labute approximate surface area is 504 Å². The first-order valence-corrected chi connectivity index (χ1v) is 32.5. The van der Waals surface area contributed by atoms with Crippen molar-refractivity contribution in [2.75, 3.05) is 48.7 Å². The van der Waals surface area contributed by atoms with Crippen molar-refractivity contribution in [3.8, 4) is 17.2 Å². The molecule has 0 radical (unpaired) electrons. The van der Waals surface area contributed by atoms with Crippen molar-refractivity contribution in [3.63, 3.8) is 0 Å². The van der Waals surface area contributed by atoms with E-state index in [-0.39, 0.29) is 91.9 Å². The van der Waals surface area contributed by atoms with Gasteiger partial charge in [0, 0.05) is 90.3 Å². The van der Waals surface area contributed by atoms with E-state index in [1.807, 2.05) is 66.4 Å². The van der Waals surface area contributed by atoms with Gasteiger partial charge in [0.1, 0.15) is 30.0 Å². The quantitative estimate of drug-likeness (QED) is 0.0252. The maximum atomic E-state index is 14.4. The minimum absolute atomic E-state index is 0.000542. The molecule has 450 valence electrons. The van der Waals surface area contributed by atoms with Gasteiger partial charge in [-0.25, -0.2) is 0 Å². The molecule has 85 heavy (non-hydrogen) atoms. The van der Waals surface area contributed by atoms with Crippen LogP contribution in [0.5, 0.6) is 17.2 Å². The van der Waals surface area contributed by atoms with Crippen LogP contribution in [0.25, 0.3) is 0 Å². The van der Waals surface area contributed by atoms with Crippen LogP contribution in [0.2, 0.25) is 0 Å². The molecule has 5 aromatic carbocycles. The summed E-state index contributed by atoms with van der Waals surface area (Å²) >= 11 is 0. The lowest BCUT2D eigenvalue weighted by Gasteiger charge is -2.28. The van der Waals surface area contributed by atoms with E-state index in [0.29, 0.717) is 94.1 Å². The van der Waals surface area contributed by atoms with E-state index in [1.54, 1.807) is 63.9 Å². The van der Waals surface area contributed by atoms with E-state index < -0.39 is 33.2 Å². The molecule has 0 saturated heterocycles. The summed E-state index contributed by atoms with van der Waals surface area (Å²) in [4.78, 5) is 95.6. The summed E-state index contributed by atoms with van der Waals surface area (Å²) < 4.78 is 51.0. The van der Waals surface area contributed by atoms with Gasteiger partial charge in [-0.1, -0.05) is 58.0 Å². The SMILES string of the molecule is CNC(=O)CCCSSC(C)(C)CCC(=O)CCC(=O)NCC(=O)CCC(=O)Nc1cc(COc2cc3c(cc2C)C(=O)N2c4ccccc4C[C@H]2C(S(=O)(=O)OC)C3)cc(COc2cc3c(cc2OC)C(=O)N2c4ccccc4C[C@H]2CC3)c1. The molecule has 0 spiro atoms. The van der Waals surface area contributed by atoms with Gasteiger partial charge in [-0.3, -0.25) is 37.7 Å². The van der Waals surface area contributed by atoms with Crippen molar-refractivity contribution in [2.45, 2.75) is 140 Å². The Morgan fingerprint density at radius 3 is 2.01 bits per heavy atom. The molecule has 4 aliphatic heterocycles. The van der Waals surface area contributed by atoms with Crippen LogP contribution in [0.4, 0.5) is 17.1 Å². The largest absolute Gasteiger partial charge is 0.493 e. The molecule has 9 rings (SSSR count). The zero-order valence-electron chi connectivity index (χ0n) is 48.8. The molecule has 0 aromatic heterocycles. The van der Waals surface area contributed by atoms with Crippen molar-refractivity contribution in [1.82, 2.24) is 10.6 Å². The third kappa shape index (κ3) is 15.1. The fourth-order valence-electron chi connectivity index (χ4n) is 11.5. The number of ether oxygens (including phenoxy) is 3. The number of fused-ring (bicyclic) bond motifs is 8. The van der Waals surface area contributed by atoms with E-state index in [0.717, 1.165) is 54.5 Å². The molecule has 0 bridgehead atoms. The topological polar surface area (TPSA) is 233 Å². The summed E-state index contributed by atoms with van der Waals surface area (Å²) in [7, 11) is 3.49. The third-order valence-corrected chi connectivity index (χ3v) is 21.2. The zero-order chi connectivity index (χ0) is 60.6. The maximum Gasteiger partial charge on any atom is 0.272 e. The predicted molar refractivity (Wildman–Crippen MR) is 329 cm³/mol. The van der Waals surface area contributed by atoms with Gasteiger partial charge in [-0.05, 0) is 159 Å². The fourth-order valence-corrected chi connectivity index (χ4v) is 15.4. The minimum atomic E-state index is -4.12. The molecule has 4 aliphatic rings. The first-order chi connectivity index (χ1) is 40.7. The average Bonchev–Trinajstić information content (AvgIpc) is 1.80. The second-order valence-electron chi connectivity index (χ2n) is 22.6. The Morgan fingerprint density at radius 1 is 0.671 bits per heavy atom. The van der Waals surface area contributed by atoms with Crippen LogP contribution in [-0.2, 0) is 77.2 Å². The number of hydrogen-bond acceptors (Lipinski definition) is 15. The highest BCUT2D eigenvalue weighted by atomic mass is 33.1. The van der Waals surface area contributed by atoms with Crippen LogP contribution in [0, 0.1) is 6.92 Å². The zero-order valence-corrected chi connectivity index (χ0v) is 51.3. The molecular formula is C64H73N5O13S3. The van der Waals surface area contributed by atoms with E-state index in [4.69, 9.17) is 18.4 Å². The summed E-state index contributed by atoms with van der Waals surface area (Å²) in [6.45, 7) is 5.61. The molecule has 1 unspecified atom stereocenters. The third-order valence-electron chi connectivity index (χ3n) is 16.0. The highest BCUT2D eigenvalue weighted by molar-refractivity contribution is 8.77. The van der Waals surface area contributed by atoms with Crippen LogP contribution < -0.4 is 40.0 Å². The van der Waals surface area contributed by atoms with Gasteiger partial charge in [0.2, 0.25) is 17.7 Å². The molecule has 18 nitrogen and oxygen atoms in total. The van der Waals surface area contributed by atoms with Crippen LogP contribution >= 0.6 is 21.6 Å². The van der Waals surface area contributed by atoms with E-state index in [1.165, 1.54) is 7.11 Å². The number of carbonyl (C=O) groups excluding carboxylic acids is 7. The number of nitrogens with zero attached hydrogens (tertiary/aromatic N) is 2. The molecule has 0 saturated carbocycles. The first-order valence-electron chi connectivity index (χ1n) is 28.7. The molecule has 0 aliphatic carbocycles. The van der Waals surface area contributed by atoms with Crippen molar-refractivity contribution in [1.29, 1.82) is 0 Å². The van der Waals surface area contributed by atoms with Gasteiger partial charge >= 0.3 is 0 Å². The van der Waals surface area contributed by atoms with Crippen molar-refractivity contribution in [2.24, 2.45) is 0 Å². The summed E-state index contributed by atoms with van der Waals surface area (Å²) in [5.74, 6) is 0.303. The number of ketones is 2. The lowest BCUT2D eigenvalue weighted by Crippen LogP contribution is -2.47. The summed E-state index contributed by atoms with van der Waals surface area (Å²) in [5, 5.41) is 7.04. The normalized spacial score (nSPS) is 16.8. The van der Waals surface area contributed by atoms with Crippen LogP contribution in [0.15, 0.2) is 91.0 Å². The summed E-state index contributed by atoms with van der Waals surface area (Å²) in [5.41, 5.74) is 8.11. The van der Waals surface area contributed by atoms with Gasteiger partial charge in [0.25, 0.3) is 21.9 Å². The maximum absolute atomic E-state index is 14.4. The van der Waals surface area contributed by atoms with Crippen molar-refractivity contribution >= 4 is 89.9 Å². The Morgan fingerprint density at radius 2 is 1.31 bits per heavy atom. The van der Waals surface area contributed by atoms with Gasteiger partial charge < -0.3 is 40.0 Å². The Bertz CT molecular complexity index is 3520. The Hall–Kier alpha value is -7.20. The second-order valence-corrected chi connectivity index (χ2v) is 27.6. The smallest absolute Gasteiger partial charge is 0.272 e. The van der Waals surface area contributed by atoms with Gasteiger partial charge in [-0.15, -0.1) is 0 Å². The van der Waals surface area contributed by atoms with Crippen LogP contribution in [-0.4, -0.2) is 105 Å². The molecule has 5 amide bonds. The van der Waals surface area contributed by atoms with E-state index in [9.17, 15) is 42.0 Å². The van der Waals surface area contributed by atoms with E-state index in [2.05, 4.69) is 35.9 Å². The Balaban J connectivity index is 0.862. The molecule has 4 heterocycles. The summed E-state index contributed by atoms with van der Waals surface area (Å²) in [6.07, 6.45) is 4.33. The predicted octanol–water partition coefficient (Wildman–Crippen LogP) is 9.37. The number of amides is 5. The monoisotopic (exact) mass is 1220 g/mol. The van der Waals surface area contributed by atoms with Crippen LogP contribution in [0.3, 0.4) is 0 Å². The molecule has 3 N–H and O–H groups in total. The van der Waals surface area contributed by atoms with Crippen LogP contribution in [0.1, 0.15) is 131 Å². The fraction of sp³-hybridized carbons (Fsp3) is 0.422. The number of methoxy groups -OCH3 is 1. The first kappa shape index (κ1) is 62.3. The number of aryl methyl sites for hydroxylation is 2. The highest BCUT2D eigenvalue weighted by Crippen LogP contribution is 2.44. The average molecular weight is 1220 g/mol. The molecule has 3 atom stereocenters. The number of hydrogen-bond donors (Lipinski definition) is 3. The standard InChI is InChI=1S/C64H73N5O13S3/c1-39-26-50-45(34-58(85(77,78)80-6)54-31-44-13-8-10-15-53(44)69(54)63(50)76)33-55(39)81-37-40-27-41(38-82-57-32-42-17-18-47-30-43-12-7-9-14-52(43)68(47)62(75)51(42)35-56(57)79-5)29-46(28-40)67-61(74)22-20-49(71)36-66-60(73)21-19-48(70)23-24-64(2,3)84-83-25-11-16-59(72)65-4/h7-10,12-15,26-29,32-33,35,47,54,58H,11,16-25,30-31,34,36-38H2,1-6H3,(H,65,72)(H,66,73)(H,67,74)/t47-,54+,58?/m1/s1. The Kier molecular flexibility index (Phi) is 20.1. The number of Topliss-reactive ketones (excluding diaryl/α,β-unsaturated/α-hetero) is 2. The molecule has 5 aromatic rings. The highest BCUT2D eigenvalue weighted by Gasteiger charge is 2.48. The molecule has 21 heteroatoms. The number of nitrogens with one attached hydrogen (secondary N) is 3. The molecule has 0 fully saturated rings. The number of carbonyl (C=O) groups is 7. The van der Waals surface area contributed by atoms with Gasteiger partial charge in [0.15, 0.2) is 17.3 Å². The lowest BCUT2D eigenvalue weighted by molar-refractivity contribution is -0.127. The number of para-hydroxylation sites is 2. The molecular weight excluding hydrogens is 1140 g/mol. The number of benzene rings is 5. The van der Waals surface area contributed by atoms with Gasteiger partial charge in [-0.2, -0.15) is 8.42 Å². The van der Waals surface area contributed by atoms with Gasteiger partial charge in [0.05, 0.1) is 26.8 Å². The minimum Gasteiger partial charge on any atom is -0.493 e. The lowest BCUT2D eigenvalue weighted by atomic mass is 9.97. The van der Waals surface area contributed by atoms with E-state index >= 15 is 0 Å². The second kappa shape index (κ2) is 27.4. The van der Waals surface area contributed by atoms with Crippen molar-refractivity contribution < 1.29 is 60.4 Å². The number of rotatable bonds is 27.